The summed E-state index contributed by atoms with van der Waals surface area (Å²) in [6.07, 6.45) is -0.501. The van der Waals surface area contributed by atoms with Gasteiger partial charge in [0.2, 0.25) is 0 Å². The number of nitrogens with zero attached hydrogens (tertiary/aromatic N) is 1. The van der Waals surface area contributed by atoms with Crippen molar-refractivity contribution < 1.29 is 14.3 Å². The minimum absolute atomic E-state index is 0.214. The Morgan fingerprint density at radius 3 is 2.59 bits per heavy atom. The molecular weight excluding hydrogens is 384 g/mol. The lowest BCUT2D eigenvalue weighted by Crippen LogP contribution is -2.34. The second-order valence-corrected chi connectivity index (χ2v) is 7.14. The minimum atomic E-state index is -0.501. The molecule has 1 aromatic heterocycles. The largest absolute Gasteiger partial charge is 0.354 e. The fraction of sp³-hybridized carbons (Fsp3) is 0.200. The van der Waals surface area contributed by atoms with Crippen molar-refractivity contribution in [2.24, 2.45) is 0 Å². The maximum atomic E-state index is 12.8. The van der Waals surface area contributed by atoms with E-state index in [0.717, 1.165) is 15.8 Å². The molecule has 1 heterocycles. The van der Waals surface area contributed by atoms with Crippen LogP contribution in [-0.2, 0) is 9.47 Å². The van der Waals surface area contributed by atoms with Crippen LogP contribution in [0, 0.1) is 0 Å². The molecule has 0 aliphatic rings. The van der Waals surface area contributed by atoms with Crippen LogP contribution in [0.15, 0.2) is 64.5 Å². The molecule has 0 radical (unpaired) electrons. The van der Waals surface area contributed by atoms with Gasteiger partial charge in [0.25, 0.3) is 5.91 Å². The van der Waals surface area contributed by atoms with Crippen molar-refractivity contribution in [3.05, 3.63) is 65.2 Å². The van der Waals surface area contributed by atoms with Crippen molar-refractivity contribution in [1.82, 2.24) is 10.3 Å². The van der Waals surface area contributed by atoms with Crippen LogP contribution >= 0.6 is 23.4 Å². The summed E-state index contributed by atoms with van der Waals surface area (Å²) in [6, 6.07) is 16.9. The number of aromatic nitrogens is 1. The number of hydrogen-bond donors (Lipinski definition) is 1. The molecule has 0 bridgehead atoms. The SMILES string of the molecule is COC(CNC(=O)c1cc(Sc2ccccc2Cl)nc2ccccc12)OC. The van der Waals surface area contributed by atoms with Crippen molar-refractivity contribution in [3.8, 4) is 0 Å². The first-order valence-electron chi connectivity index (χ1n) is 8.28. The van der Waals surface area contributed by atoms with Crippen molar-refractivity contribution in [1.29, 1.82) is 0 Å². The van der Waals surface area contributed by atoms with E-state index in [1.807, 2.05) is 48.5 Å². The van der Waals surface area contributed by atoms with E-state index < -0.39 is 6.29 Å². The predicted octanol–water partition coefficient (Wildman–Crippen LogP) is 4.39. The Morgan fingerprint density at radius 2 is 1.85 bits per heavy atom. The molecule has 0 spiro atoms. The summed E-state index contributed by atoms with van der Waals surface area (Å²) in [5.41, 5.74) is 1.29. The van der Waals surface area contributed by atoms with Crippen LogP contribution < -0.4 is 5.32 Å². The summed E-state index contributed by atoms with van der Waals surface area (Å²) in [5, 5.41) is 4.97. The highest BCUT2D eigenvalue weighted by Gasteiger charge is 2.16. The van der Waals surface area contributed by atoms with Crippen LogP contribution in [0.1, 0.15) is 10.4 Å². The Hall–Kier alpha value is -2.12. The van der Waals surface area contributed by atoms with Gasteiger partial charge in [-0.25, -0.2) is 4.98 Å². The molecule has 2 aromatic carbocycles. The lowest BCUT2D eigenvalue weighted by molar-refractivity contribution is -0.0974. The molecule has 1 amide bonds. The standard InChI is InChI=1S/C20H19ClN2O3S/c1-25-19(26-2)12-22-20(24)14-11-18(23-16-9-5-3-7-13(14)16)27-17-10-6-4-8-15(17)21/h3-11,19H,12H2,1-2H3,(H,22,24). The first-order chi connectivity index (χ1) is 13.1. The highest BCUT2D eigenvalue weighted by atomic mass is 35.5. The van der Waals surface area contributed by atoms with E-state index >= 15 is 0 Å². The third kappa shape index (κ3) is 4.78. The summed E-state index contributed by atoms with van der Waals surface area (Å²) in [5.74, 6) is -0.214. The average molecular weight is 403 g/mol. The molecule has 0 fully saturated rings. The smallest absolute Gasteiger partial charge is 0.252 e. The number of para-hydroxylation sites is 1. The summed E-state index contributed by atoms with van der Waals surface area (Å²) >= 11 is 7.68. The van der Waals surface area contributed by atoms with Crippen LogP contribution in [0.4, 0.5) is 0 Å². The molecule has 5 nitrogen and oxygen atoms in total. The zero-order chi connectivity index (χ0) is 19.2. The highest BCUT2D eigenvalue weighted by molar-refractivity contribution is 7.99. The molecule has 27 heavy (non-hydrogen) atoms. The van der Waals surface area contributed by atoms with Crippen molar-refractivity contribution in [3.63, 3.8) is 0 Å². The van der Waals surface area contributed by atoms with E-state index in [1.54, 1.807) is 6.07 Å². The number of carbonyl (C=O) groups excluding carboxylic acids is 1. The number of hydrogen-bond acceptors (Lipinski definition) is 5. The predicted molar refractivity (Wildman–Crippen MR) is 107 cm³/mol. The van der Waals surface area contributed by atoms with E-state index in [1.165, 1.54) is 26.0 Å². The first kappa shape index (κ1) is 19.6. The molecule has 3 rings (SSSR count). The number of nitrogens with one attached hydrogen (secondary N) is 1. The highest BCUT2D eigenvalue weighted by Crippen LogP contribution is 2.33. The molecule has 0 atom stereocenters. The molecular formula is C20H19ClN2O3S. The van der Waals surface area contributed by atoms with E-state index in [9.17, 15) is 4.79 Å². The Morgan fingerprint density at radius 1 is 1.15 bits per heavy atom. The molecule has 140 valence electrons. The van der Waals surface area contributed by atoms with E-state index in [-0.39, 0.29) is 12.5 Å². The Labute approximate surface area is 167 Å². The van der Waals surface area contributed by atoms with E-state index in [4.69, 9.17) is 21.1 Å². The van der Waals surface area contributed by atoms with Crippen LogP contribution in [-0.4, -0.2) is 37.9 Å². The summed E-state index contributed by atoms with van der Waals surface area (Å²) in [7, 11) is 3.06. The zero-order valence-corrected chi connectivity index (χ0v) is 16.5. The Kier molecular flexibility index (Phi) is 6.68. The maximum absolute atomic E-state index is 12.8. The number of carbonyl (C=O) groups is 1. The van der Waals surface area contributed by atoms with Gasteiger partial charge in [-0.2, -0.15) is 0 Å². The van der Waals surface area contributed by atoms with Gasteiger partial charge in [0, 0.05) is 24.5 Å². The second kappa shape index (κ2) is 9.19. The van der Waals surface area contributed by atoms with Gasteiger partial charge < -0.3 is 14.8 Å². The van der Waals surface area contributed by atoms with Crippen molar-refractivity contribution in [2.45, 2.75) is 16.2 Å². The molecule has 0 saturated heterocycles. The van der Waals surface area contributed by atoms with Crippen molar-refractivity contribution >= 4 is 40.2 Å². The molecule has 0 saturated carbocycles. The Bertz CT molecular complexity index is 947. The van der Waals surface area contributed by atoms with Gasteiger partial charge >= 0.3 is 0 Å². The topological polar surface area (TPSA) is 60.5 Å². The molecule has 1 N–H and O–H groups in total. The minimum Gasteiger partial charge on any atom is -0.354 e. The van der Waals surface area contributed by atoms with Crippen LogP contribution in [0.2, 0.25) is 5.02 Å². The zero-order valence-electron chi connectivity index (χ0n) is 14.9. The van der Waals surface area contributed by atoms with E-state index in [2.05, 4.69) is 10.3 Å². The number of amides is 1. The average Bonchev–Trinajstić information content (AvgIpc) is 2.69. The van der Waals surface area contributed by atoms with Gasteiger partial charge in [-0.15, -0.1) is 0 Å². The fourth-order valence-corrected chi connectivity index (χ4v) is 3.68. The fourth-order valence-electron chi connectivity index (χ4n) is 2.57. The Balaban J connectivity index is 1.93. The summed E-state index contributed by atoms with van der Waals surface area (Å²) in [4.78, 5) is 18.3. The number of pyridine rings is 1. The molecule has 3 aromatic rings. The lowest BCUT2D eigenvalue weighted by Gasteiger charge is -2.15. The normalized spacial score (nSPS) is 11.1. The molecule has 7 heteroatoms. The number of halogens is 1. The van der Waals surface area contributed by atoms with Crippen molar-refractivity contribution in [2.75, 3.05) is 20.8 Å². The van der Waals surface area contributed by atoms with Crippen LogP contribution in [0.3, 0.4) is 0 Å². The summed E-state index contributed by atoms with van der Waals surface area (Å²) in [6.45, 7) is 0.246. The number of rotatable bonds is 7. The number of methoxy groups -OCH3 is 2. The maximum Gasteiger partial charge on any atom is 0.252 e. The monoisotopic (exact) mass is 402 g/mol. The molecule has 0 aliphatic heterocycles. The van der Waals surface area contributed by atoms with Crippen LogP contribution in [0.5, 0.6) is 0 Å². The van der Waals surface area contributed by atoms with Crippen LogP contribution in [0.25, 0.3) is 10.9 Å². The van der Waals surface area contributed by atoms with Gasteiger partial charge in [0.15, 0.2) is 6.29 Å². The van der Waals surface area contributed by atoms with Gasteiger partial charge in [-0.05, 0) is 24.3 Å². The van der Waals surface area contributed by atoms with Gasteiger partial charge in [0.05, 0.1) is 22.6 Å². The van der Waals surface area contributed by atoms with E-state index in [0.29, 0.717) is 15.6 Å². The summed E-state index contributed by atoms with van der Waals surface area (Å²) < 4.78 is 10.2. The first-order valence-corrected chi connectivity index (χ1v) is 9.47. The quantitative estimate of drug-likeness (QED) is 0.594. The number of ether oxygens (including phenoxy) is 2. The third-order valence-electron chi connectivity index (χ3n) is 3.94. The molecule has 0 aliphatic carbocycles. The number of benzene rings is 2. The van der Waals surface area contributed by atoms with Gasteiger partial charge in [0.1, 0.15) is 5.03 Å². The molecule has 0 unspecified atom stereocenters. The number of fused-ring (bicyclic) bond motifs is 1. The van der Waals surface area contributed by atoms with Gasteiger partial charge in [-0.3, -0.25) is 4.79 Å². The lowest BCUT2D eigenvalue weighted by atomic mass is 10.1. The second-order valence-electron chi connectivity index (χ2n) is 5.67. The van der Waals surface area contributed by atoms with Gasteiger partial charge in [-0.1, -0.05) is 53.7 Å². The third-order valence-corrected chi connectivity index (χ3v) is 5.38.